The fraction of sp³-hybridized carbons (Fsp3) is 0.138. The second kappa shape index (κ2) is 9.21. The van der Waals surface area contributed by atoms with Crippen molar-refractivity contribution in [2.45, 2.75) is 19.3 Å². The van der Waals surface area contributed by atoms with E-state index in [1.165, 1.54) is 0 Å². The zero-order chi connectivity index (χ0) is 26.5. The second-order valence-corrected chi connectivity index (χ2v) is 9.74. The van der Waals surface area contributed by atoms with Crippen LogP contribution in [-0.4, -0.2) is 41.5 Å². The lowest BCUT2D eigenvalue weighted by Gasteiger charge is -2.26. The lowest BCUT2D eigenvalue weighted by Crippen LogP contribution is -2.16. The van der Waals surface area contributed by atoms with E-state index in [0.29, 0.717) is 34.7 Å². The number of aryl methyl sites for hydroxylation is 1. The molecule has 9 nitrogen and oxygen atoms in total. The highest BCUT2D eigenvalue weighted by Crippen LogP contribution is 2.49. The topological polar surface area (TPSA) is 92.3 Å². The van der Waals surface area contributed by atoms with Crippen LogP contribution < -0.4 is 9.47 Å². The lowest BCUT2D eigenvalue weighted by atomic mass is 9.85. The summed E-state index contributed by atoms with van der Waals surface area (Å²) in [6.07, 6.45) is 5.82. The Bertz CT molecular complexity index is 1830. The fourth-order valence-electron chi connectivity index (χ4n) is 5.09. The predicted molar refractivity (Wildman–Crippen MR) is 145 cm³/mol. The third-order valence-electron chi connectivity index (χ3n) is 6.86. The lowest BCUT2D eigenvalue weighted by molar-refractivity contribution is 0.402. The van der Waals surface area contributed by atoms with Gasteiger partial charge in [-0.05, 0) is 54.4 Å². The molecule has 39 heavy (non-hydrogen) atoms. The molecular weight excluding hydrogens is 514 g/mol. The van der Waals surface area contributed by atoms with Crippen LogP contribution in [0.25, 0.3) is 11.3 Å². The highest BCUT2D eigenvalue weighted by molar-refractivity contribution is 6.30. The molecule has 0 radical (unpaired) electrons. The summed E-state index contributed by atoms with van der Waals surface area (Å²) >= 11 is 6.30. The summed E-state index contributed by atoms with van der Waals surface area (Å²) in [6.45, 7) is 1.98. The maximum Gasteiger partial charge on any atom is 0.230 e. The summed E-state index contributed by atoms with van der Waals surface area (Å²) in [4.78, 5) is 14.0. The van der Waals surface area contributed by atoms with Gasteiger partial charge in [-0.2, -0.15) is 5.10 Å². The van der Waals surface area contributed by atoms with Crippen molar-refractivity contribution in [3.63, 3.8) is 0 Å². The van der Waals surface area contributed by atoms with Crippen LogP contribution >= 0.6 is 11.6 Å². The van der Waals surface area contributed by atoms with E-state index >= 15 is 0 Å². The van der Waals surface area contributed by atoms with Crippen LogP contribution in [0.15, 0.2) is 79.4 Å². The maximum atomic E-state index is 6.47. The van der Waals surface area contributed by atoms with Gasteiger partial charge in [0.15, 0.2) is 11.5 Å². The van der Waals surface area contributed by atoms with Gasteiger partial charge in [0.2, 0.25) is 11.8 Å². The Morgan fingerprint density at radius 1 is 1.03 bits per heavy atom. The monoisotopic (exact) mass is 535 g/mol. The minimum absolute atomic E-state index is 0.264. The molecule has 5 heterocycles. The summed E-state index contributed by atoms with van der Waals surface area (Å²) in [7, 11) is 1.65. The van der Waals surface area contributed by atoms with Crippen molar-refractivity contribution >= 4 is 17.2 Å². The molecule has 0 saturated heterocycles. The average Bonchev–Trinajstić information content (AvgIpc) is 3.53. The molecule has 0 bridgehead atoms. The molecule has 1 aliphatic rings. The average molecular weight is 536 g/mol. The highest BCUT2D eigenvalue weighted by atomic mass is 35.5. The molecule has 0 spiro atoms. The molecule has 0 saturated carbocycles. The Labute approximate surface area is 228 Å². The van der Waals surface area contributed by atoms with Crippen LogP contribution in [0.2, 0.25) is 5.02 Å². The third kappa shape index (κ3) is 3.98. The molecule has 0 N–H and O–H groups in total. The van der Waals surface area contributed by atoms with E-state index in [-0.39, 0.29) is 5.92 Å². The number of halogens is 1. The first-order chi connectivity index (χ1) is 19.1. The molecule has 10 heteroatoms. The first kappa shape index (κ1) is 23.4. The number of rotatable bonds is 5. The zero-order valence-corrected chi connectivity index (χ0v) is 21.9. The molecule has 0 amide bonds. The Balaban J connectivity index is 1.39. The summed E-state index contributed by atoms with van der Waals surface area (Å²) < 4.78 is 15.2. The smallest absolute Gasteiger partial charge is 0.230 e. The molecule has 0 unspecified atom stereocenters. The molecule has 1 aliphatic heterocycles. The molecule has 1 atom stereocenters. The van der Waals surface area contributed by atoms with Crippen LogP contribution in [0, 0.1) is 6.92 Å². The molecule has 4 aromatic heterocycles. The minimum Gasteiger partial charge on any atom is -0.497 e. The summed E-state index contributed by atoms with van der Waals surface area (Å²) in [5.41, 5.74) is 6.10. The Hall–Kier alpha value is -4.76. The van der Waals surface area contributed by atoms with E-state index in [0.717, 1.165) is 39.4 Å². The van der Waals surface area contributed by atoms with Gasteiger partial charge >= 0.3 is 0 Å². The number of hydrogen-bond acceptors (Lipinski definition) is 7. The summed E-state index contributed by atoms with van der Waals surface area (Å²) in [5.74, 6) is 2.26. The number of ether oxygens (including phenoxy) is 2. The van der Waals surface area contributed by atoms with Gasteiger partial charge in [-0.15, -0.1) is 5.10 Å². The molecule has 0 aliphatic carbocycles. The van der Waals surface area contributed by atoms with Crippen LogP contribution in [0.3, 0.4) is 0 Å². The van der Waals surface area contributed by atoms with Crippen molar-refractivity contribution < 1.29 is 9.47 Å². The quantitative estimate of drug-likeness (QED) is 0.285. The predicted octanol–water partition coefficient (Wildman–Crippen LogP) is 5.55. The normalized spacial score (nSPS) is 14.1. The van der Waals surface area contributed by atoms with E-state index in [9.17, 15) is 0 Å². The van der Waals surface area contributed by atoms with E-state index in [4.69, 9.17) is 36.3 Å². The molecule has 7 rings (SSSR count). The molecular formula is C29H22ClN7O2. The van der Waals surface area contributed by atoms with Gasteiger partial charge in [-0.1, -0.05) is 35.9 Å². The molecule has 2 aromatic carbocycles. The number of nitrogens with zero attached hydrogens (tertiary/aromatic N) is 7. The minimum atomic E-state index is -0.264. The SMILES string of the molecule is COc1ccc(Cc2nc3c4c(ncn3n2)Oc2c(c(C)nn2-c2cccc(Cl)c2)[C@H]4c2cccnc2)cc1. The van der Waals surface area contributed by atoms with Crippen LogP contribution in [0.4, 0.5) is 0 Å². The summed E-state index contributed by atoms with van der Waals surface area (Å²) in [6, 6.07) is 19.4. The Morgan fingerprint density at radius 2 is 1.90 bits per heavy atom. The van der Waals surface area contributed by atoms with E-state index < -0.39 is 0 Å². The van der Waals surface area contributed by atoms with Crippen LogP contribution in [-0.2, 0) is 6.42 Å². The number of pyridine rings is 1. The van der Waals surface area contributed by atoms with Crippen molar-refractivity contribution in [1.82, 2.24) is 34.3 Å². The standard InChI is InChI=1S/C29H22ClN7O2/c1-17-24-25(19-5-4-12-31-15-19)26-27-33-23(13-18-8-10-22(38-2)11-9-18)35-36(27)16-32-28(26)39-29(24)37(34-17)21-7-3-6-20(30)14-21/h3-12,14-16,25H,13H2,1-2H3/t25-/m1/s1. The van der Waals surface area contributed by atoms with E-state index in [1.54, 1.807) is 28.8 Å². The van der Waals surface area contributed by atoms with Crippen molar-refractivity contribution in [3.8, 4) is 23.2 Å². The first-order valence-corrected chi connectivity index (χ1v) is 12.8. The van der Waals surface area contributed by atoms with Crippen molar-refractivity contribution in [3.05, 3.63) is 118 Å². The van der Waals surface area contributed by atoms with Gasteiger partial charge in [0.05, 0.1) is 35.5 Å². The maximum absolute atomic E-state index is 6.47. The van der Waals surface area contributed by atoms with Gasteiger partial charge < -0.3 is 9.47 Å². The Morgan fingerprint density at radius 3 is 2.67 bits per heavy atom. The van der Waals surface area contributed by atoms with E-state index in [1.807, 2.05) is 73.8 Å². The summed E-state index contributed by atoms with van der Waals surface area (Å²) in [5, 5.41) is 10.2. The zero-order valence-electron chi connectivity index (χ0n) is 21.1. The van der Waals surface area contributed by atoms with Gasteiger partial charge in [0, 0.05) is 23.8 Å². The number of fused-ring (bicyclic) bond motifs is 4. The molecule has 192 valence electrons. The number of methoxy groups -OCH3 is 1. The van der Waals surface area contributed by atoms with Crippen molar-refractivity contribution in [2.24, 2.45) is 0 Å². The number of benzene rings is 2. The second-order valence-electron chi connectivity index (χ2n) is 9.30. The fourth-order valence-corrected chi connectivity index (χ4v) is 5.27. The van der Waals surface area contributed by atoms with Gasteiger partial charge in [-0.3, -0.25) is 4.98 Å². The molecule has 0 fully saturated rings. The number of aromatic nitrogens is 7. The van der Waals surface area contributed by atoms with Crippen LogP contribution in [0.5, 0.6) is 17.5 Å². The van der Waals surface area contributed by atoms with Crippen molar-refractivity contribution in [2.75, 3.05) is 7.11 Å². The first-order valence-electron chi connectivity index (χ1n) is 12.4. The van der Waals surface area contributed by atoms with E-state index in [2.05, 4.69) is 9.97 Å². The number of hydrogen-bond donors (Lipinski definition) is 0. The van der Waals surface area contributed by atoms with Crippen molar-refractivity contribution in [1.29, 1.82) is 0 Å². The van der Waals surface area contributed by atoms with Gasteiger partial charge in [-0.25, -0.2) is 19.2 Å². The molecule has 6 aromatic rings. The van der Waals surface area contributed by atoms with Gasteiger partial charge in [0.25, 0.3) is 0 Å². The third-order valence-corrected chi connectivity index (χ3v) is 7.09. The van der Waals surface area contributed by atoms with Crippen LogP contribution in [0.1, 0.15) is 39.7 Å². The largest absolute Gasteiger partial charge is 0.497 e. The highest BCUT2D eigenvalue weighted by Gasteiger charge is 2.38. The Kier molecular flexibility index (Phi) is 5.52. The van der Waals surface area contributed by atoms with Gasteiger partial charge in [0.1, 0.15) is 12.1 Å².